The number of aliphatic hydroxyl groups excluding tert-OH is 2. The number of esters is 2. The monoisotopic (exact) mass is 1110 g/mol. The summed E-state index contributed by atoms with van der Waals surface area (Å²) in [5, 5.41) is 21.4. The Labute approximate surface area is 550 Å². The van der Waals surface area contributed by atoms with Crippen LogP contribution in [-0.2, 0) is 59.9 Å². The van der Waals surface area contributed by atoms with Gasteiger partial charge in [0.25, 0.3) is 7.82 Å². The predicted octanol–water partition coefficient (Wildman–Crippen LogP) is -20.1. The third-order valence-corrected chi connectivity index (χ3v) is 11.8. The number of hydrogen-bond acceptors (Lipinski definition) is 22. The van der Waals surface area contributed by atoms with Crippen LogP contribution in [0.25, 0.3) is 0 Å². The number of aliphatic hydroxyl groups is 2. The molecule has 0 bridgehead atoms. The predicted molar refractivity (Wildman–Crippen MR) is 197 cm³/mol. The summed E-state index contributed by atoms with van der Waals surface area (Å²) in [4.78, 5) is 106. The van der Waals surface area contributed by atoms with Gasteiger partial charge in [-0.15, -0.1) is 0 Å². The average molecular weight is 1110 g/mol. The standard InChI is InChI=1S/C34H68O22P4.7Na/c1-3-5-7-9-10-11-12-13-14-15-16-17-19-20-22-27(35)50-24-26(52-28(36)23-21-18-8-6-4-2)25-51-60(48,49)56-31-29(37)32(53-57(39,40)41)34(55-59(45,46)47)33(30(31)38)54-58(42,43)44;;;;;;;/h26,29-34,37-38H,3-25H2,1-2H3,(H,48,49)(H2,39,40,41)(H2,42,43,44)(H2,45,46,47);;;;;;;/q;7*+1/p-7/t26-,29+,30+,31?,32-,33+,34?;;;;;;;/m1......./s1. The Morgan fingerprint density at radius 2 is 0.761 bits per heavy atom. The van der Waals surface area contributed by atoms with Crippen molar-refractivity contribution >= 4 is 43.2 Å². The molecule has 33 heteroatoms. The van der Waals surface area contributed by atoms with Crippen LogP contribution >= 0.6 is 31.3 Å². The molecule has 0 aromatic carbocycles. The first kappa shape index (κ1) is 87.2. The zero-order valence-corrected chi connectivity index (χ0v) is 58.7. The molecule has 1 saturated carbocycles. The largest absolute Gasteiger partial charge is 1.00 e. The quantitative estimate of drug-likeness (QED) is 0.0257. The van der Waals surface area contributed by atoms with Crippen molar-refractivity contribution in [2.45, 2.75) is 191 Å². The molecule has 0 radical (unpaired) electrons. The first-order valence-electron chi connectivity index (χ1n) is 20.4. The molecule has 1 aliphatic carbocycles. The molecule has 1 aliphatic rings. The van der Waals surface area contributed by atoms with E-state index in [9.17, 15) is 72.3 Å². The molecule has 67 heavy (non-hydrogen) atoms. The summed E-state index contributed by atoms with van der Waals surface area (Å²) in [5.41, 5.74) is 0. The van der Waals surface area contributed by atoms with Gasteiger partial charge in [0.05, 0.1) is 30.1 Å². The minimum Gasteiger partial charge on any atom is -0.790 e. The normalized spacial score (nSPS) is 20.5. The molecule has 3 unspecified atom stereocenters. The number of carbonyl (C=O) groups excluding carboxylic acids is 2. The fourth-order valence-corrected chi connectivity index (χ4v) is 8.98. The molecule has 0 spiro atoms. The van der Waals surface area contributed by atoms with Gasteiger partial charge in [-0.2, -0.15) is 0 Å². The number of carbonyl (C=O) groups is 2. The zero-order chi connectivity index (χ0) is 45.4. The van der Waals surface area contributed by atoms with Crippen molar-refractivity contribution in [1.82, 2.24) is 0 Å². The van der Waals surface area contributed by atoms with Gasteiger partial charge in [0, 0.05) is 12.8 Å². The Morgan fingerprint density at radius 3 is 1.10 bits per heavy atom. The Balaban J connectivity index is -0.00000103. The molecule has 0 aromatic heterocycles. The van der Waals surface area contributed by atoms with Gasteiger partial charge in [-0.1, -0.05) is 123 Å². The van der Waals surface area contributed by atoms with Crippen LogP contribution in [0.15, 0.2) is 0 Å². The second-order valence-electron chi connectivity index (χ2n) is 14.7. The van der Waals surface area contributed by atoms with Crippen LogP contribution < -0.4 is 241 Å². The van der Waals surface area contributed by atoms with Crippen molar-refractivity contribution in [2.24, 2.45) is 0 Å². The van der Waals surface area contributed by atoms with Crippen LogP contribution in [-0.4, -0.2) is 78.1 Å². The maximum absolute atomic E-state index is 12.9. The van der Waals surface area contributed by atoms with Gasteiger partial charge in [0.15, 0.2) is 6.10 Å². The first-order chi connectivity index (χ1) is 28.0. The Hall–Kier alpha value is 6.30. The molecule has 22 nitrogen and oxygen atoms in total. The maximum atomic E-state index is 12.9. The summed E-state index contributed by atoms with van der Waals surface area (Å²) in [6.07, 6.45) is -0.393. The number of unbranched alkanes of at least 4 members (excludes halogenated alkanes) is 17. The second kappa shape index (κ2) is 48.2. The maximum Gasteiger partial charge on any atom is 1.00 e. The van der Waals surface area contributed by atoms with Crippen LogP contribution in [0.1, 0.15) is 149 Å². The van der Waals surface area contributed by atoms with Crippen molar-refractivity contribution < 1.29 is 311 Å². The van der Waals surface area contributed by atoms with Gasteiger partial charge in [-0.25, -0.2) is 0 Å². The van der Waals surface area contributed by atoms with Crippen molar-refractivity contribution in [1.29, 1.82) is 0 Å². The van der Waals surface area contributed by atoms with E-state index in [-0.39, 0.29) is 220 Å². The molecule has 8 atom stereocenters. The molecule has 0 amide bonds. The van der Waals surface area contributed by atoms with E-state index in [0.717, 1.165) is 51.4 Å². The van der Waals surface area contributed by atoms with Crippen molar-refractivity contribution in [2.75, 3.05) is 13.2 Å². The summed E-state index contributed by atoms with van der Waals surface area (Å²) in [6.45, 7) is 2.36. The van der Waals surface area contributed by atoms with Gasteiger partial charge in [0.2, 0.25) is 0 Å². The SMILES string of the molecule is CCCCCCCCCCCCCCCCC(=O)OC[C@H](COP(=O)([O-])OC1[C@H](O)[C@H](OP(=O)([O-])[O-])C(OP(=O)([O-])[O-])[C@H](OP(=O)([O-])[O-])[C@H]1O)OC(=O)CCCCCCC.[Na+].[Na+].[Na+].[Na+].[Na+].[Na+].[Na+]. The number of hydrogen-bond donors (Lipinski definition) is 2. The third-order valence-electron chi connectivity index (χ3n) is 9.36. The third kappa shape index (κ3) is 45.8. The Morgan fingerprint density at radius 1 is 0.448 bits per heavy atom. The van der Waals surface area contributed by atoms with E-state index in [1.54, 1.807) is 0 Å². The number of ether oxygens (including phenoxy) is 2. The Bertz CT molecular complexity index is 1400. The van der Waals surface area contributed by atoms with Crippen molar-refractivity contribution in [3.8, 4) is 0 Å². The Kier molecular flexibility index (Phi) is 62.7. The summed E-state index contributed by atoms with van der Waals surface area (Å²) in [6, 6.07) is 0. The van der Waals surface area contributed by atoms with Crippen molar-refractivity contribution in [3.63, 3.8) is 0 Å². The minimum absolute atomic E-state index is 0. The average Bonchev–Trinajstić information content (AvgIpc) is 3.13. The van der Waals surface area contributed by atoms with Crippen molar-refractivity contribution in [3.05, 3.63) is 0 Å². The zero-order valence-electron chi connectivity index (χ0n) is 41.2. The molecule has 0 heterocycles. The van der Waals surface area contributed by atoms with Gasteiger partial charge >= 0.3 is 219 Å². The molecular weight excluding hydrogens is 1050 g/mol. The van der Waals surface area contributed by atoms with E-state index >= 15 is 0 Å². The van der Waals surface area contributed by atoms with Gasteiger partial charge in [-0.05, 0) is 12.8 Å². The molecule has 0 aliphatic heterocycles. The minimum atomic E-state index is -6.36. The molecule has 1 rings (SSSR count). The first-order valence-corrected chi connectivity index (χ1v) is 26.3. The van der Waals surface area contributed by atoms with Crippen LogP contribution in [0.5, 0.6) is 0 Å². The molecule has 2 N–H and O–H groups in total. The van der Waals surface area contributed by atoms with E-state index in [0.29, 0.717) is 19.3 Å². The van der Waals surface area contributed by atoms with E-state index in [1.807, 2.05) is 6.92 Å². The fraction of sp³-hybridized carbons (Fsp3) is 0.941. The number of phosphoric acid groups is 4. The summed E-state index contributed by atoms with van der Waals surface area (Å²) >= 11 is 0. The van der Waals surface area contributed by atoms with Gasteiger partial charge in [-0.3, -0.25) is 14.2 Å². The van der Waals surface area contributed by atoms with E-state index in [4.69, 9.17) is 14.0 Å². The van der Waals surface area contributed by atoms with Gasteiger partial charge in [0.1, 0.15) is 43.2 Å². The number of phosphoric ester groups is 4. The molecule has 0 aromatic rings. The smallest absolute Gasteiger partial charge is 0.790 e. The van der Waals surface area contributed by atoms with Gasteiger partial charge < -0.3 is 90.3 Å². The summed E-state index contributed by atoms with van der Waals surface area (Å²) in [5.74, 6) is -1.51. The summed E-state index contributed by atoms with van der Waals surface area (Å²) in [7, 11) is -25.0. The van der Waals surface area contributed by atoms with Crippen LogP contribution in [0.2, 0.25) is 0 Å². The van der Waals surface area contributed by atoms with Crippen LogP contribution in [0, 0.1) is 0 Å². The van der Waals surface area contributed by atoms with E-state index in [2.05, 4.69) is 25.0 Å². The van der Waals surface area contributed by atoms with Crippen LogP contribution in [0.4, 0.5) is 0 Å². The fourth-order valence-electron chi connectivity index (χ4n) is 6.40. The second-order valence-corrected chi connectivity index (χ2v) is 19.3. The summed E-state index contributed by atoms with van der Waals surface area (Å²) < 4.78 is 78.8. The topological polar surface area (TPSA) is 369 Å². The van der Waals surface area contributed by atoms with E-state index in [1.165, 1.54) is 51.4 Å². The number of rotatable bonds is 35. The van der Waals surface area contributed by atoms with E-state index < -0.39 is 99.2 Å². The molecular formula is C34H61Na7O22P4. The molecule has 356 valence electrons. The molecule has 1 fully saturated rings. The molecule has 0 saturated heterocycles. The van der Waals surface area contributed by atoms with Crippen LogP contribution in [0.3, 0.4) is 0 Å².